The lowest BCUT2D eigenvalue weighted by Crippen LogP contribution is -2.14. The van der Waals surface area contributed by atoms with E-state index >= 15 is 0 Å². The molecule has 0 bridgehead atoms. The smallest absolute Gasteiger partial charge is 0.0952 e. The lowest BCUT2D eigenvalue weighted by atomic mass is 10.0. The Bertz CT molecular complexity index is 557. The number of imidazole rings is 1. The number of nitrogens with one attached hydrogen (secondary N) is 1. The molecule has 1 N–H and O–H groups in total. The van der Waals surface area contributed by atoms with E-state index in [1.165, 1.54) is 41.9 Å². The number of aromatic nitrogens is 2. The Morgan fingerprint density at radius 2 is 2.05 bits per heavy atom. The van der Waals surface area contributed by atoms with Crippen LogP contribution < -0.4 is 5.32 Å². The summed E-state index contributed by atoms with van der Waals surface area (Å²) >= 11 is 0. The highest BCUT2D eigenvalue weighted by Gasteiger charge is 2.14. The van der Waals surface area contributed by atoms with Crippen molar-refractivity contribution in [1.82, 2.24) is 9.55 Å². The van der Waals surface area contributed by atoms with Crippen LogP contribution in [0, 0.1) is 6.92 Å². The van der Waals surface area contributed by atoms with Gasteiger partial charge in [-0.1, -0.05) is 18.2 Å². The zero-order valence-electron chi connectivity index (χ0n) is 11.5. The predicted molar refractivity (Wildman–Crippen MR) is 78.5 cm³/mol. The van der Waals surface area contributed by atoms with Gasteiger partial charge in [0.25, 0.3) is 0 Å². The van der Waals surface area contributed by atoms with Gasteiger partial charge in [-0.05, 0) is 44.2 Å². The molecular formula is C16H21N3. The van der Waals surface area contributed by atoms with Crippen LogP contribution >= 0.6 is 0 Å². The Balaban J connectivity index is 1.61. The SMILES string of the molecule is Cc1ccccc1NCCn1cnc2c1CCCC2. The predicted octanol–water partition coefficient (Wildman–Crippen LogP) is 3.18. The maximum Gasteiger partial charge on any atom is 0.0952 e. The first-order chi connectivity index (χ1) is 9.34. The lowest BCUT2D eigenvalue weighted by molar-refractivity contribution is 0.613. The first-order valence-electron chi connectivity index (χ1n) is 7.17. The van der Waals surface area contributed by atoms with Crippen LogP contribution in [0.3, 0.4) is 0 Å². The Kier molecular flexibility index (Phi) is 3.53. The van der Waals surface area contributed by atoms with E-state index in [-0.39, 0.29) is 0 Å². The summed E-state index contributed by atoms with van der Waals surface area (Å²) in [7, 11) is 0. The van der Waals surface area contributed by atoms with Crippen LogP contribution in [0.2, 0.25) is 0 Å². The third kappa shape index (κ3) is 2.65. The molecule has 1 heterocycles. The number of para-hydroxylation sites is 1. The molecule has 0 saturated carbocycles. The number of nitrogens with zero attached hydrogens (tertiary/aromatic N) is 2. The van der Waals surface area contributed by atoms with Gasteiger partial charge in [-0.25, -0.2) is 4.98 Å². The molecule has 0 unspecified atom stereocenters. The van der Waals surface area contributed by atoms with Gasteiger partial charge in [-0.15, -0.1) is 0 Å². The van der Waals surface area contributed by atoms with Crippen molar-refractivity contribution in [3.63, 3.8) is 0 Å². The molecular weight excluding hydrogens is 234 g/mol. The summed E-state index contributed by atoms with van der Waals surface area (Å²) in [6, 6.07) is 8.43. The van der Waals surface area contributed by atoms with Crippen LogP contribution in [0.1, 0.15) is 29.8 Å². The van der Waals surface area contributed by atoms with E-state index in [4.69, 9.17) is 0 Å². The average Bonchev–Trinajstić information content (AvgIpc) is 2.85. The topological polar surface area (TPSA) is 29.9 Å². The number of hydrogen-bond donors (Lipinski definition) is 1. The first kappa shape index (κ1) is 12.3. The van der Waals surface area contributed by atoms with Crippen LogP contribution in [-0.2, 0) is 19.4 Å². The maximum atomic E-state index is 4.54. The molecule has 3 rings (SSSR count). The number of anilines is 1. The summed E-state index contributed by atoms with van der Waals surface area (Å²) in [6.45, 7) is 4.09. The van der Waals surface area contributed by atoms with E-state index < -0.39 is 0 Å². The van der Waals surface area contributed by atoms with Crippen molar-refractivity contribution in [2.45, 2.75) is 39.2 Å². The highest BCUT2D eigenvalue weighted by atomic mass is 15.1. The van der Waals surface area contributed by atoms with E-state index in [1.807, 2.05) is 6.33 Å². The molecule has 19 heavy (non-hydrogen) atoms. The fraction of sp³-hybridized carbons (Fsp3) is 0.438. The minimum Gasteiger partial charge on any atom is -0.383 e. The van der Waals surface area contributed by atoms with Crippen LogP contribution in [-0.4, -0.2) is 16.1 Å². The second kappa shape index (κ2) is 5.47. The summed E-state index contributed by atoms with van der Waals surface area (Å²) in [6.07, 6.45) is 6.97. The largest absolute Gasteiger partial charge is 0.383 e. The van der Waals surface area contributed by atoms with E-state index in [9.17, 15) is 0 Å². The highest BCUT2D eigenvalue weighted by Crippen LogP contribution is 2.20. The molecule has 0 radical (unpaired) electrons. The average molecular weight is 255 g/mol. The fourth-order valence-electron chi connectivity index (χ4n) is 2.81. The monoisotopic (exact) mass is 255 g/mol. The summed E-state index contributed by atoms with van der Waals surface area (Å²) in [5.74, 6) is 0. The zero-order chi connectivity index (χ0) is 13.1. The van der Waals surface area contributed by atoms with Gasteiger partial charge in [0.1, 0.15) is 0 Å². The van der Waals surface area contributed by atoms with Crippen LogP contribution in [0.25, 0.3) is 0 Å². The molecule has 2 aromatic rings. The van der Waals surface area contributed by atoms with E-state index in [2.05, 4.69) is 46.1 Å². The van der Waals surface area contributed by atoms with Crippen LogP contribution in [0.15, 0.2) is 30.6 Å². The van der Waals surface area contributed by atoms with Crippen molar-refractivity contribution in [2.75, 3.05) is 11.9 Å². The van der Waals surface area contributed by atoms with Gasteiger partial charge in [0.15, 0.2) is 0 Å². The Morgan fingerprint density at radius 3 is 2.95 bits per heavy atom. The second-order valence-corrected chi connectivity index (χ2v) is 5.28. The normalized spacial score (nSPS) is 14.2. The molecule has 100 valence electrons. The van der Waals surface area contributed by atoms with Crippen molar-refractivity contribution in [3.8, 4) is 0 Å². The number of fused-ring (bicyclic) bond motifs is 1. The van der Waals surface area contributed by atoms with Crippen molar-refractivity contribution < 1.29 is 0 Å². The Hall–Kier alpha value is -1.77. The minimum absolute atomic E-state index is 0.952. The number of benzene rings is 1. The van der Waals surface area contributed by atoms with E-state index in [0.29, 0.717) is 0 Å². The van der Waals surface area contributed by atoms with E-state index in [0.717, 1.165) is 19.5 Å². The molecule has 0 saturated heterocycles. The molecule has 0 amide bonds. The van der Waals surface area contributed by atoms with Gasteiger partial charge in [0.05, 0.1) is 12.0 Å². The van der Waals surface area contributed by atoms with Crippen molar-refractivity contribution in [2.24, 2.45) is 0 Å². The molecule has 0 spiro atoms. The molecule has 0 atom stereocenters. The van der Waals surface area contributed by atoms with Gasteiger partial charge in [-0.2, -0.15) is 0 Å². The van der Waals surface area contributed by atoms with Gasteiger partial charge in [0.2, 0.25) is 0 Å². The summed E-state index contributed by atoms with van der Waals surface area (Å²) in [5, 5.41) is 3.51. The molecule has 3 nitrogen and oxygen atoms in total. The van der Waals surface area contributed by atoms with Gasteiger partial charge < -0.3 is 9.88 Å². The summed E-state index contributed by atoms with van der Waals surface area (Å²) in [5.41, 5.74) is 5.31. The number of hydrogen-bond acceptors (Lipinski definition) is 2. The second-order valence-electron chi connectivity index (χ2n) is 5.28. The zero-order valence-corrected chi connectivity index (χ0v) is 11.5. The molecule has 1 aliphatic rings. The molecule has 1 aliphatic carbocycles. The van der Waals surface area contributed by atoms with Gasteiger partial charge >= 0.3 is 0 Å². The third-order valence-corrected chi connectivity index (χ3v) is 3.92. The fourth-order valence-corrected chi connectivity index (χ4v) is 2.81. The van der Waals surface area contributed by atoms with Gasteiger partial charge in [-0.3, -0.25) is 0 Å². The number of rotatable bonds is 4. The van der Waals surface area contributed by atoms with Crippen LogP contribution in [0.4, 0.5) is 5.69 Å². The van der Waals surface area contributed by atoms with E-state index in [1.54, 1.807) is 0 Å². The Labute approximate surface area is 114 Å². The van der Waals surface area contributed by atoms with Crippen molar-refractivity contribution in [3.05, 3.63) is 47.5 Å². The quantitative estimate of drug-likeness (QED) is 0.909. The van der Waals surface area contributed by atoms with Gasteiger partial charge in [0, 0.05) is 24.5 Å². The summed E-state index contributed by atoms with van der Waals surface area (Å²) in [4.78, 5) is 4.54. The molecule has 1 aromatic heterocycles. The van der Waals surface area contributed by atoms with Crippen LogP contribution in [0.5, 0.6) is 0 Å². The molecule has 0 aliphatic heterocycles. The first-order valence-corrected chi connectivity index (χ1v) is 7.17. The standard InChI is InChI=1S/C16H21N3/c1-13-6-2-3-7-14(13)17-10-11-19-12-18-15-8-4-5-9-16(15)19/h2-3,6-7,12,17H,4-5,8-11H2,1H3. The van der Waals surface area contributed by atoms with Crippen molar-refractivity contribution in [1.29, 1.82) is 0 Å². The lowest BCUT2D eigenvalue weighted by Gasteiger charge is -2.15. The minimum atomic E-state index is 0.952. The Morgan fingerprint density at radius 1 is 1.21 bits per heavy atom. The molecule has 3 heteroatoms. The highest BCUT2D eigenvalue weighted by molar-refractivity contribution is 5.50. The molecule has 0 fully saturated rings. The number of aryl methyl sites for hydroxylation is 2. The molecule has 1 aromatic carbocycles. The van der Waals surface area contributed by atoms with Crippen molar-refractivity contribution >= 4 is 5.69 Å². The third-order valence-electron chi connectivity index (χ3n) is 3.92. The summed E-state index contributed by atoms with van der Waals surface area (Å²) < 4.78 is 2.32. The maximum absolute atomic E-state index is 4.54.